The van der Waals surface area contributed by atoms with Gasteiger partial charge in [0.1, 0.15) is 24.4 Å². The summed E-state index contributed by atoms with van der Waals surface area (Å²) in [6.45, 7) is 14.8. The van der Waals surface area contributed by atoms with Gasteiger partial charge in [-0.1, -0.05) is 27.4 Å². The van der Waals surface area contributed by atoms with Crippen LogP contribution in [0.3, 0.4) is 0 Å². The van der Waals surface area contributed by atoms with Crippen LogP contribution in [0.5, 0.6) is 0 Å². The highest BCUT2D eigenvalue weighted by molar-refractivity contribution is 5.68. The van der Waals surface area contributed by atoms with Crippen molar-refractivity contribution in [2.45, 2.75) is 104 Å². The number of hydrogen-bond donors (Lipinski definition) is 2. The zero-order valence-electron chi connectivity index (χ0n) is 23.2. The van der Waals surface area contributed by atoms with Crippen molar-refractivity contribution in [1.82, 2.24) is 0 Å². The van der Waals surface area contributed by atoms with E-state index >= 15 is 0 Å². The van der Waals surface area contributed by atoms with E-state index in [9.17, 15) is 29.4 Å². The van der Waals surface area contributed by atoms with E-state index in [1.165, 1.54) is 27.7 Å². The smallest absolute Gasteiger partial charge is 0.303 e. The highest BCUT2D eigenvalue weighted by Gasteiger charge is 2.80. The molecule has 0 aliphatic heterocycles. The van der Waals surface area contributed by atoms with Gasteiger partial charge in [0.15, 0.2) is 0 Å². The van der Waals surface area contributed by atoms with Gasteiger partial charge in [-0.05, 0) is 29.7 Å². The molecule has 0 amide bonds. The lowest BCUT2D eigenvalue weighted by atomic mass is 9.37. The van der Waals surface area contributed by atoms with E-state index in [1.807, 2.05) is 20.8 Å². The van der Waals surface area contributed by atoms with Gasteiger partial charge < -0.3 is 29.2 Å². The number of esters is 4. The minimum atomic E-state index is -1.26. The molecule has 0 saturated heterocycles. The van der Waals surface area contributed by atoms with Crippen LogP contribution in [-0.4, -0.2) is 70.7 Å². The molecule has 10 nitrogen and oxygen atoms in total. The molecule has 38 heavy (non-hydrogen) atoms. The molecule has 2 N–H and O–H groups in total. The van der Waals surface area contributed by atoms with Crippen molar-refractivity contribution in [3.63, 3.8) is 0 Å². The van der Waals surface area contributed by atoms with Crippen LogP contribution in [0.4, 0.5) is 0 Å². The number of fused-ring (bicyclic) bond motifs is 3. The van der Waals surface area contributed by atoms with Crippen LogP contribution in [0.2, 0.25) is 0 Å². The summed E-state index contributed by atoms with van der Waals surface area (Å²) < 4.78 is 23.7. The molecule has 4 rings (SSSR count). The minimum absolute atomic E-state index is 0.0877. The van der Waals surface area contributed by atoms with Gasteiger partial charge in [0.05, 0.1) is 12.2 Å². The molecule has 0 aromatic carbocycles. The molecular formula is C28H40O10. The molecule has 1 spiro atoms. The average molecular weight is 537 g/mol. The minimum Gasteiger partial charge on any atom is -0.462 e. The first-order valence-corrected chi connectivity index (χ1v) is 13.2. The second-order valence-electron chi connectivity index (χ2n) is 12.5. The van der Waals surface area contributed by atoms with Gasteiger partial charge in [0, 0.05) is 56.8 Å². The Kier molecular flexibility index (Phi) is 7.01. The van der Waals surface area contributed by atoms with Crippen molar-refractivity contribution < 1.29 is 48.3 Å². The molecule has 4 fully saturated rings. The van der Waals surface area contributed by atoms with Crippen LogP contribution in [0.25, 0.3) is 0 Å². The number of hydrogen-bond acceptors (Lipinski definition) is 10. The van der Waals surface area contributed by atoms with Gasteiger partial charge in [0.25, 0.3) is 0 Å². The number of rotatable bonds is 4. The summed E-state index contributed by atoms with van der Waals surface area (Å²) >= 11 is 0. The lowest BCUT2D eigenvalue weighted by Gasteiger charge is -2.70. The first-order chi connectivity index (χ1) is 17.5. The van der Waals surface area contributed by atoms with Crippen molar-refractivity contribution in [3.05, 3.63) is 12.2 Å². The second kappa shape index (κ2) is 9.33. The molecule has 2 bridgehead atoms. The summed E-state index contributed by atoms with van der Waals surface area (Å²) in [5.41, 5.74) is -2.73. The van der Waals surface area contributed by atoms with E-state index in [4.69, 9.17) is 18.9 Å². The zero-order valence-corrected chi connectivity index (χ0v) is 23.2. The summed E-state index contributed by atoms with van der Waals surface area (Å²) in [6.07, 6.45) is -5.18. The number of ether oxygens (including phenoxy) is 4. The van der Waals surface area contributed by atoms with Crippen LogP contribution >= 0.6 is 0 Å². The van der Waals surface area contributed by atoms with Crippen LogP contribution in [0, 0.1) is 34.0 Å². The predicted octanol–water partition coefficient (Wildman–Crippen LogP) is 2.08. The SMILES string of the molecule is C=C1C2CC(OC(C)=O)C3C4(C)C(OC(C)=O)CC(O)C(C)(C)C4C(OC(C)=O)C(OC(C)=O)C3(C2)C1O. The predicted molar refractivity (Wildman–Crippen MR) is 132 cm³/mol. The Morgan fingerprint density at radius 2 is 1.37 bits per heavy atom. The molecule has 0 radical (unpaired) electrons. The third-order valence-corrected chi connectivity index (χ3v) is 9.96. The Balaban J connectivity index is 2.08. The fourth-order valence-electron chi connectivity index (χ4n) is 8.96. The van der Waals surface area contributed by atoms with Crippen LogP contribution in [0.1, 0.15) is 67.7 Å². The number of carbonyl (C=O) groups excluding carboxylic acids is 4. The van der Waals surface area contributed by atoms with Crippen molar-refractivity contribution >= 4 is 23.9 Å². The fraction of sp³-hybridized carbons (Fsp3) is 0.786. The molecule has 0 aromatic rings. The van der Waals surface area contributed by atoms with Crippen LogP contribution < -0.4 is 0 Å². The van der Waals surface area contributed by atoms with Crippen molar-refractivity contribution in [3.8, 4) is 0 Å². The van der Waals surface area contributed by atoms with E-state index in [1.54, 1.807) is 0 Å². The largest absolute Gasteiger partial charge is 0.462 e. The maximum absolute atomic E-state index is 12.5. The van der Waals surface area contributed by atoms with Gasteiger partial charge in [-0.3, -0.25) is 19.2 Å². The molecule has 4 aliphatic carbocycles. The molecule has 11 atom stereocenters. The lowest BCUT2D eigenvalue weighted by molar-refractivity contribution is -0.325. The molecule has 0 aromatic heterocycles. The molecule has 10 heteroatoms. The number of aliphatic hydroxyl groups excluding tert-OH is 2. The zero-order chi connectivity index (χ0) is 28.5. The van der Waals surface area contributed by atoms with E-state index in [-0.39, 0.29) is 12.3 Å². The van der Waals surface area contributed by atoms with Crippen molar-refractivity contribution in [1.29, 1.82) is 0 Å². The maximum atomic E-state index is 12.5. The monoisotopic (exact) mass is 536 g/mol. The normalized spacial score (nSPS) is 44.8. The summed E-state index contributed by atoms with van der Waals surface area (Å²) in [5.74, 6) is -3.99. The molecule has 0 heterocycles. The Bertz CT molecular complexity index is 1050. The van der Waals surface area contributed by atoms with E-state index in [2.05, 4.69) is 6.58 Å². The number of carbonyl (C=O) groups is 4. The highest BCUT2D eigenvalue weighted by atomic mass is 16.6. The van der Waals surface area contributed by atoms with E-state index < -0.39 is 88.6 Å². The summed E-state index contributed by atoms with van der Waals surface area (Å²) in [7, 11) is 0. The second-order valence-corrected chi connectivity index (χ2v) is 12.5. The first-order valence-electron chi connectivity index (χ1n) is 13.2. The standard InChI is InChI=1S/C28H40O10/c1-12-17-9-18(35-13(2)29)22-27(8)20(36-14(3)30)10-19(33)26(6,7)23(27)21(37-15(4)31)25(38-16(5)32)28(22,11-17)24(12)34/h17-25,33-34H,1,9-11H2,2-8H3. The van der Waals surface area contributed by atoms with Crippen LogP contribution in [-0.2, 0) is 38.1 Å². The maximum Gasteiger partial charge on any atom is 0.303 e. The van der Waals surface area contributed by atoms with Crippen molar-refractivity contribution in [2.75, 3.05) is 0 Å². The lowest BCUT2D eigenvalue weighted by Crippen LogP contribution is -2.77. The quantitative estimate of drug-likeness (QED) is 0.311. The topological polar surface area (TPSA) is 146 Å². The van der Waals surface area contributed by atoms with Gasteiger partial charge >= 0.3 is 23.9 Å². The van der Waals surface area contributed by atoms with E-state index in [0.717, 1.165) is 0 Å². The average Bonchev–Trinajstić information content (AvgIpc) is 2.95. The summed E-state index contributed by atoms with van der Waals surface area (Å²) in [6, 6.07) is 0. The fourth-order valence-corrected chi connectivity index (χ4v) is 8.96. The molecule has 212 valence electrons. The molecular weight excluding hydrogens is 496 g/mol. The first kappa shape index (κ1) is 28.5. The van der Waals surface area contributed by atoms with Crippen LogP contribution in [0.15, 0.2) is 12.2 Å². The Labute approximate surface area is 223 Å². The highest BCUT2D eigenvalue weighted by Crippen LogP contribution is 2.73. The third kappa shape index (κ3) is 3.97. The van der Waals surface area contributed by atoms with Crippen molar-refractivity contribution in [2.24, 2.45) is 34.0 Å². The molecule has 11 unspecified atom stereocenters. The summed E-state index contributed by atoms with van der Waals surface area (Å²) in [5, 5.41) is 23.2. The van der Waals surface area contributed by atoms with Gasteiger partial charge in [-0.2, -0.15) is 0 Å². The Morgan fingerprint density at radius 3 is 1.89 bits per heavy atom. The Hall–Kier alpha value is -2.46. The molecule has 4 aliphatic rings. The van der Waals surface area contributed by atoms with E-state index in [0.29, 0.717) is 18.4 Å². The molecule has 4 saturated carbocycles. The van der Waals surface area contributed by atoms with Gasteiger partial charge in [0.2, 0.25) is 0 Å². The number of aliphatic hydroxyl groups is 2. The van der Waals surface area contributed by atoms with Gasteiger partial charge in [-0.15, -0.1) is 0 Å². The summed E-state index contributed by atoms with van der Waals surface area (Å²) in [4.78, 5) is 49.8. The third-order valence-electron chi connectivity index (χ3n) is 9.96. The van der Waals surface area contributed by atoms with Gasteiger partial charge in [-0.25, -0.2) is 0 Å². The Morgan fingerprint density at radius 1 is 0.816 bits per heavy atom.